The zero-order valence-electron chi connectivity index (χ0n) is 10.5. The number of morpholine rings is 1. The Morgan fingerprint density at radius 3 is 2.78 bits per heavy atom. The van der Waals surface area contributed by atoms with Crippen molar-refractivity contribution in [2.75, 3.05) is 13.1 Å². The van der Waals surface area contributed by atoms with Crippen molar-refractivity contribution in [3.63, 3.8) is 0 Å². The van der Waals surface area contributed by atoms with Crippen LogP contribution < -0.4 is 5.32 Å². The summed E-state index contributed by atoms with van der Waals surface area (Å²) in [5.41, 5.74) is 1.12. The van der Waals surface area contributed by atoms with Crippen LogP contribution in [-0.2, 0) is 11.3 Å². The standard InChI is InChI=1S/C12H17BrN2O2S/c1-8-5-15(6-9(2)17-8)12(16)14-4-10-3-11(13)18-7-10/h3,7-9H,4-6H2,1-2H3,(H,14,16). The van der Waals surface area contributed by atoms with Crippen molar-refractivity contribution in [2.24, 2.45) is 0 Å². The average Bonchev–Trinajstić information content (AvgIpc) is 2.70. The molecular formula is C12H17BrN2O2S. The Bertz CT molecular complexity index is 414. The fourth-order valence-electron chi connectivity index (χ4n) is 2.07. The molecule has 1 fully saturated rings. The van der Waals surface area contributed by atoms with E-state index in [-0.39, 0.29) is 18.2 Å². The van der Waals surface area contributed by atoms with E-state index in [1.807, 2.05) is 30.2 Å². The molecule has 2 rings (SSSR count). The van der Waals surface area contributed by atoms with Gasteiger partial charge in [-0.15, -0.1) is 11.3 Å². The Labute approximate surface area is 119 Å². The minimum Gasteiger partial charge on any atom is -0.372 e. The molecule has 1 saturated heterocycles. The fraction of sp³-hybridized carbons (Fsp3) is 0.583. The lowest BCUT2D eigenvalue weighted by molar-refractivity contribution is -0.0545. The lowest BCUT2D eigenvalue weighted by Crippen LogP contribution is -2.51. The second kappa shape index (κ2) is 6.04. The van der Waals surface area contributed by atoms with Crippen LogP contribution in [0.1, 0.15) is 19.4 Å². The van der Waals surface area contributed by atoms with Gasteiger partial charge in [-0.1, -0.05) is 0 Å². The first-order chi connectivity index (χ1) is 8.54. The van der Waals surface area contributed by atoms with Crippen molar-refractivity contribution in [3.05, 3.63) is 20.8 Å². The van der Waals surface area contributed by atoms with E-state index in [4.69, 9.17) is 4.74 Å². The zero-order valence-corrected chi connectivity index (χ0v) is 12.9. The molecule has 6 heteroatoms. The Kier molecular flexibility index (Phi) is 4.64. The van der Waals surface area contributed by atoms with Gasteiger partial charge in [-0.2, -0.15) is 0 Å². The fourth-order valence-corrected chi connectivity index (χ4v) is 3.28. The summed E-state index contributed by atoms with van der Waals surface area (Å²) < 4.78 is 6.69. The summed E-state index contributed by atoms with van der Waals surface area (Å²) >= 11 is 5.03. The number of ether oxygens (including phenoxy) is 1. The molecule has 2 unspecified atom stereocenters. The highest BCUT2D eigenvalue weighted by atomic mass is 79.9. The smallest absolute Gasteiger partial charge is 0.317 e. The number of nitrogens with one attached hydrogen (secondary N) is 1. The number of urea groups is 1. The number of carbonyl (C=O) groups is 1. The number of thiophene rings is 1. The van der Waals surface area contributed by atoms with Crippen molar-refractivity contribution in [3.8, 4) is 0 Å². The quantitative estimate of drug-likeness (QED) is 0.904. The molecule has 1 N–H and O–H groups in total. The normalized spacial score (nSPS) is 24.1. The third-order valence-corrected chi connectivity index (χ3v) is 4.33. The van der Waals surface area contributed by atoms with E-state index in [9.17, 15) is 4.79 Å². The maximum Gasteiger partial charge on any atom is 0.317 e. The van der Waals surface area contributed by atoms with Crippen molar-refractivity contribution in [2.45, 2.75) is 32.6 Å². The van der Waals surface area contributed by atoms with Gasteiger partial charge in [0, 0.05) is 19.6 Å². The number of carbonyl (C=O) groups excluding carboxylic acids is 1. The molecule has 1 aliphatic heterocycles. The van der Waals surface area contributed by atoms with Gasteiger partial charge in [-0.25, -0.2) is 4.79 Å². The largest absolute Gasteiger partial charge is 0.372 e. The summed E-state index contributed by atoms with van der Waals surface area (Å²) in [7, 11) is 0. The molecule has 1 aromatic heterocycles. The summed E-state index contributed by atoms with van der Waals surface area (Å²) in [5, 5.41) is 4.98. The molecule has 2 atom stereocenters. The van der Waals surface area contributed by atoms with Gasteiger partial charge in [0.1, 0.15) is 0 Å². The molecule has 2 heterocycles. The van der Waals surface area contributed by atoms with Crippen LogP contribution in [-0.4, -0.2) is 36.2 Å². The topological polar surface area (TPSA) is 41.6 Å². The monoisotopic (exact) mass is 332 g/mol. The predicted molar refractivity (Wildman–Crippen MR) is 75.8 cm³/mol. The van der Waals surface area contributed by atoms with E-state index in [2.05, 4.69) is 21.2 Å². The van der Waals surface area contributed by atoms with E-state index in [0.717, 1.165) is 9.35 Å². The highest BCUT2D eigenvalue weighted by Crippen LogP contribution is 2.20. The van der Waals surface area contributed by atoms with Crippen LogP contribution in [0.15, 0.2) is 15.2 Å². The molecule has 1 aromatic rings. The van der Waals surface area contributed by atoms with Crippen LogP contribution in [0.5, 0.6) is 0 Å². The molecule has 100 valence electrons. The molecular weight excluding hydrogens is 316 g/mol. The summed E-state index contributed by atoms with van der Waals surface area (Å²) in [6.07, 6.45) is 0.213. The molecule has 4 nitrogen and oxygen atoms in total. The van der Waals surface area contributed by atoms with E-state index < -0.39 is 0 Å². The Hall–Kier alpha value is -0.590. The number of nitrogens with zero attached hydrogens (tertiary/aromatic N) is 1. The molecule has 0 aromatic carbocycles. The summed E-state index contributed by atoms with van der Waals surface area (Å²) in [5.74, 6) is 0. The zero-order chi connectivity index (χ0) is 13.1. The highest BCUT2D eigenvalue weighted by Gasteiger charge is 2.25. The van der Waals surface area contributed by atoms with E-state index >= 15 is 0 Å². The van der Waals surface area contributed by atoms with Gasteiger partial charge < -0.3 is 15.0 Å². The first-order valence-corrected chi connectivity index (χ1v) is 7.63. The second-order valence-corrected chi connectivity index (χ2v) is 6.87. The van der Waals surface area contributed by atoms with Gasteiger partial charge in [0.2, 0.25) is 0 Å². The highest BCUT2D eigenvalue weighted by molar-refractivity contribution is 9.11. The van der Waals surface area contributed by atoms with Crippen LogP contribution in [0.4, 0.5) is 4.79 Å². The molecule has 1 aliphatic rings. The second-order valence-electron chi connectivity index (χ2n) is 4.58. The van der Waals surface area contributed by atoms with Crippen molar-refractivity contribution < 1.29 is 9.53 Å². The van der Waals surface area contributed by atoms with Gasteiger partial charge >= 0.3 is 6.03 Å². The van der Waals surface area contributed by atoms with Crippen LogP contribution in [0.2, 0.25) is 0 Å². The molecule has 0 radical (unpaired) electrons. The minimum atomic E-state index is -0.0145. The number of hydrogen-bond donors (Lipinski definition) is 1. The molecule has 0 spiro atoms. The first kappa shape index (κ1) is 13.8. The molecule has 18 heavy (non-hydrogen) atoms. The Balaban J connectivity index is 1.84. The van der Waals surface area contributed by atoms with Crippen LogP contribution in [0.25, 0.3) is 0 Å². The van der Waals surface area contributed by atoms with Crippen molar-refractivity contribution >= 4 is 33.3 Å². The van der Waals surface area contributed by atoms with Crippen LogP contribution in [0, 0.1) is 0 Å². The predicted octanol–water partition coefficient (Wildman–Crippen LogP) is 2.83. The number of amides is 2. The molecule has 0 aliphatic carbocycles. The summed E-state index contributed by atoms with van der Waals surface area (Å²) in [6.45, 7) is 5.87. The van der Waals surface area contributed by atoms with E-state index in [1.54, 1.807) is 11.3 Å². The van der Waals surface area contributed by atoms with Gasteiger partial charge in [-0.05, 0) is 46.8 Å². The van der Waals surface area contributed by atoms with Crippen LogP contribution >= 0.6 is 27.3 Å². The maximum absolute atomic E-state index is 12.0. The van der Waals surface area contributed by atoms with Crippen molar-refractivity contribution in [1.82, 2.24) is 10.2 Å². The van der Waals surface area contributed by atoms with Gasteiger partial charge in [0.05, 0.1) is 16.0 Å². The van der Waals surface area contributed by atoms with Gasteiger partial charge in [0.25, 0.3) is 0 Å². The first-order valence-electron chi connectivity index (χ1n) is 5.95. The minimum absolute atomic E-state index is 0.0145. The van der Waals surface area contributed by atoms with E-state index in [1.165, 1.54) is 0 Å². The Morgan fingerprint density at radius 1 is 1.56 bits per heavy atom. The van der Waals surface area contributed by atoms with Gasteiger partial charge in [-0.3, -0.25) is 0 Å². The number of rotatable bonds is 2. The number of halogens is 1. The third kappa shape index (κ3) is 3.70. The lowest BCUT2D eigenvalue weighted by atomic mass is 10.2. The molecule has 0 saturated carbocycles. The van der Waals surface area contributed by atoms with E-state index in [0.29, 0.717) is 19.6 Å². The average molecular weight is 333 g/mol. The summed E-state index contributed by atoms with van der Waals surface area (Å²) in [4.78, 5) is 13.8. The SMILES string of the molecule is CC1CN(C(=O)NCc2csc(Br)c2)CC(C)O1. The Morgan fingerprint density at radius 2 is 2.22 bits per heavy atom. The third-order valence-electron chi connectivity index (χ3n) is 2.77. The number of hydrogen-bond acceptors (Lipinski definition) is 3. The van der Waals surface area contributed by atoms with Gasteiger partial charge in [0.15, 0.2) is 0 Å². The van der Waals surface area contributed by atoms with Crippen LogP contribution in [0.3, 0.4) is 0 Å². The maximum atomic E-state index is 12.0. The molecule has 2 amide bonds. The van der Waals surface area contributed by atoms with Crippen molar-refractivity contribution in [1.29, 1.82) is 0 Å². The molecule has 0 bridgehead atoms. The summed E-state index contributed by atoms with van der Waals surface area (Å²) in [6, 6.07) is 2.01. The lowest BCUT2D eigenvalue weighted by Gasteiger charge is -2.35.